The topological polar surface area (TPSA) is 56.0 Å². The van der Waals surface area contributed by atoms with Gasteiger partial charge in [-0.25, -0.2) is 0 Å². The average molecular weight is 188 g/mol. The number of fused-ring (bicyclic) bond motifs is 1. The lowest BCUT2D eigenvalue weighted by atomic mass is 10.1. The lowest BCUT2D eigenvalue weighted by Crippen LogP contribution is -1.98. The molecule has 0 radical (unpaired) electrons. The largest absolute Gasteiger partial charge is 0.264 e. The molecule has 1 heterocycles. The maximum atomic E-state index is 10.4. The molecule has 2 aromatic rings. The number of rotatable bonds is 2. The molecule has 0 unspecified atom stereocenters. The number of nitro groups is 1. The van der Waals surface area contributed by atoms with Gasteiger partial charge in [-0.15, -0.1) is 0 Å². The molecule has 14 heavy (non-hydrogen) atoms. The first kappa shape index (κ1) is 8.62. The van der Waals surface area contributed by atoms with E-state index in [9.17, 15) is 10.1 Å². The van der Waals surface area contributed by atoms with E-state index >= 15 is 0 Å². The number of aromatic nitrogens is 1. The minimum atomic E-state index is -0.332. The molecule has 70 valence electrons. The van der Waals surface area contributed by atoms with E-state index in [0.29, 0.717) is 5.56 Å². The third-order valence-electron chi connectivity index (χ3n) is 2.04. The van der Waals surface area contributed by atoms with Crippen LogP contribution in [0, 0.1) is 10.1 Å². The second-order valence-corrected chi connectivity index (χ2v) is 2.98. The summed E-state index contributed by atoms with van der Waals surface area (Å²) in [5, 5.41) is 11.3. The monoisotopic (exact) mass is 188 g/mol. The summed E-state index contributed by atoms with van der Waals surface area (Å²) in [4.78, 5) is 14.2. The first-order valence-corrected chi connectivity index (χ1v) is 4.22. The van der Waals surface area contributed by atoms with Gasteiger partial charge in [-0.3, -0.25) is 15.1 Å². The minimum Gasteiger partial charge on any atom is -0.264 e. The second-order valence-electron chi connectivity index (χ2n) is 2.98. The van der Waals surface area contributed by atoms with Crippen LogP contribution in [-0.2, 0) is 6.54 Å². The third kappa shape index (κ3) is 1.54. The number of nitrogens with zero attached hydrogens (tertiary/aromatic N) is 2. The smallest absolute Gasteiger partial charge is 0.229 e. The van der Waals surface area contributed by atoms with Gasteiger partial charge in [-0.2, -0.15) is 0 Å². The summed E-state index contributed by atoms with van der Waals surface area (Å²) in [6.45, 7) is -0.150. The Morgan fingerprint density at radius 3 is 2.93 bits per heavy atom. The van der Waals surface area contributed by atoms with Crippen molar-refractivity contribution < 1.29 is 4.92 Å². The van der Waals surface area contributed by atoms with Gasteiger partial charge < -0.3 is 0 Å². The van der Waals surface area contributed by atoms with E-state index < -0.39 is 0 Å². The standard InChI is InChI=1S/C10H8N2O2/c13-12(14)7-8-3-1-5-10-9(8)4-2-6-11-10/h1-6H,7H2. The van der Waals surface area contributed by atoms with Gasteiger partial charge in [0.2, 0.25) is 6.54 Å². The van der Waals surface area contributed by atoms with Crippen molar-refractivity contribution in [3.05, 3.63) is 52.2 Å². The first-order chi connectivity index (χ1) is 6.77. The molecule has 0 N–H and O–H groups in total. The van der Waals surface area contributed by atoms with Crippen LogP contribution in [0.4, 0.5) is 0 Å². The van der Waals surface area contributed by atoms with E-state index in [4.69, 9.17) is 0 Å². The summed E-state index contributed by atoms with van der Waals surface area (Å²) in [7, 11) is 0. The zero-order chi connectivity index (χ0) is 9.97. The number of benzene rings is 1. The summed E-state index contributed by atoms with van der Waals surface area (Å²) in [6, 6.07) is 9.02. The minimum absolute atomic E-state index is 0.150. The summed E-state index contributed by atoms with van der Waals surface area (Å²) < 4.78 is 0. The van der Waals surface area contributed by atoms with E-state index in [2.05, 4.69) is 4.98 Å². The SMILES string of the molecule is O=[N+]([O-])Cc1cccc2ncccc12. The zero-order valence-corrected chi connectivity index (χ0v) is 7.38. The Morgan fingerprint density at radius 1 is 1.29 bits per heavy atom. The fourth-order valence-corrected chi connectivity index (χ4v) is 1.44. The number of pyridine rings is 1. The first-order valence-electron chi connectivity index (χ1n) is 4.22. The van der Waals surface area contributed by atoms with Gasteiger partial charge in [0, 0.05) is 22.1 Å². The van der Waals surface area contributed by atoms with Gasteiger partial charge in [-0.1, -0.05) is 18.2 Å². The molecule has 0 amide bonds. The third-order valence-corrected chi connectivity index (χ3v) is 2.04. The molecule has 0 saturated heterocycles. The molecule has 0 aliphatic carbocycles. The quantitative estimate of drug-likeness (QED) is 0.535. The number of hydrogen-bond donors (Lipinski definition) is 0. The normalized spacial score (nSPS) is 10.3. The van der Waals surface area contributed by atoms with Crippen LogP contribution >= 0.6 is 0 Å². The number of hydrogen-bond acceptors (Lipinski definition) is 3. The van der Waals surface area contributed by atoms with Crippen molar-refractivity contribution in [2.45, 2.75) is 6.54 Å². The van der Waals surface area contributed by atoms with E-state index in [0.717, 1.165) is 10.9 Å². The van der Waals surface area contributed by atoms with Gasteiger partial charge in [0.15, 0.2) is 0 Å². The summed E-state index contributed by atoms with van der Waals surface area (Å²) in [5.74, 6) is 0. The summed E-state index contributed by atoms with van der Waals surface area (Å²) in [6.07, 6.45) is 1.68. The van der Waals surface area contributed by atoms with E-state index in [1.807, 2.05) is 12.1 Å². The van der Waals surface area contributed by atoms with Crippen LogP contribution < -0.4 is 0 Å². The Hall–Kier alpha value is -1.97. The highest BCUT2D eigenvalue weighted by Crippen LogP contribution is 2.16. The lowest BCUT2D eigenvalue weighted by molar-refractivity contribution is -0.496. The lowest BCUT2D eigenvalue weighted by Gasteiger charge is -2.00. The molecule has 0 saturated carbocycles. The van der Waals surface area contributed by atoms with Crippen LogP contribution in [0.1, 0.15) is 5.56 Å². The van der Waals surface area contributed by atoms with E-state index in [1.54, 1.807) is 24.4 Å². The summed E-state index contributed by atoms with van der Waals surface area (Å²) >= 11 is 0. The van der Waals surface area contributed by atoms with Crippen LogP contribution in [0.2, 0.25) is 0 Å². The maximum Gasteiger partial charge on any atom is 0.229 e. The fraction of sp³-hybridized carbons (Fsp3) is 0.100. The van der Waals surface area contributed by atoms with Gasteiger partial charge in [0.25, 0.3) is 0 Å². The molecular formula is C10H8N2O2. The zero-order valence-electron chi connectivity index (χ0n) is 7.38. The predicted molar refractivity (Wildman–Crippen MR) is 52.4 cm³/mol. The van der Waals surface area contributed by atoms with Gasteiger partial charge in [-0.05, 0) is 12.1 Å². The highest BCUT2D eigenvalue weighted by molar-refractivity contribution is 5.81. The van der Waals surface area contributed by atoms with E-state index in [1.165, 1.54) is 0 Å². The van der Waals surface area contributed by atoms with E-state index in [-0.39, 0.29) is 11.5 Å². The van der Waals surface area contributed by atoms with Crippen molar-refractivity contribution in [1.82, 2.24) is 4.98 Å². The maximum absolute atomic E-state index is 10.4. The van der Waals surface area contributed by atoms with Crippen molar-refractivity contribution in [3.8, 4) is 0 Å². The molecule has 2 rings (SSSR count). The van der Waals surface area contributed by atoms with Crippen LogP contribution in [0.25, 0.3) is 10.9 Å². The van der Waals surface area contributed by atoms with Crippen molar-refractivity contribution in [2.24, 2.45) is 0 Å². The van der Waals surface area contributed by atoms with Gasteiger partial charge >= 0.3 is 0 Å². The molecule has 0 spiro atoms. The fourth-order valence-electron chi connectivity index (χ4n) is 1.44. The molecule has 4 nitrogen and oxygen atoms in total. The Kier molecular flexibility index (Phi) is 2.10. The van der Waals surface area contributed by atoms with Crippen molar-refractivity contribution >= 4 is 10.9 Å². The predicted octanol–water partition coefficient (Wildman–Crippen LogP) is 2.01. The van der Waals surface area contributed by atoms with Crippen LogP contribution in [0.3, 0.4) is 0 Å². The highest BCUT2D eigenvalue weighted by atomic mass is 16.6. The molecule has 0 bridgehead atoms. The van der Waals surface area contributed by atoms with Gasteiger partial charge in [0.1, 0.15) is 0 Å². The molecule has 0 atom stereocenters. The van der Waals surface area contributed by atoms with Crippen molar-refractivity contribution in [1.29, 1.82) is 0 Å². The average Bonchev–Trinajstić information content (AvgIpc) is 2.18. The van der Waals surface area contributed by atoms with Crippen LogP contribution in [0.15, 0.2) is 36.5 Å². The molecule has 0 aliphatic rings. The highest BCUT2D eigenvalue weighted by Gasteiger charge is 2.05. The molecular weight excluding hydrogens is 180 g/mol. The molecule has 0 aliphatic heterocycles. The molecule has 1 aromatic heterocycles. The molecule has 4 heteroatoms. The van der Waals surface area contributed by atoms with Crippen molar-refractivity contribution in [3.63, 3.8) is 0 Å². The second kappa shape index (κ2) is 3.41. The van der Waals surface area contributed by atoms with Crippen molar-refractivity contribution in [2.75, 3.05) is 0 Å². The Labute approximate surface area is 80.4 Å². The molecule has 1 aromatic carbocycles. The molecule has 0 fully saturated rings. The van der Waals surface area contributed by atoms with Crippen LogP contribution in [0.5, 0.6) is 0 Å². The van der Waals surface area contributed by atoms with Crippen LogP contribution in [-0.4, -0.2) is 9.91 Å². The van der Waals surface area contributed by atoms with Gasteiger partial charge in [0.05, 0.1) is 5.52 Å². The Bertz CT molecular complexity index is 477. The Balaban J connectivity index is 2.59. The Morgan fingerprint density at radius 2 is 2.14 bits per heavy atom. The summed E-state index contributed by atoms with van der Waals surface area (Å²) in [5.41, 5.74) is 1.51.